The van der Waals surface area contributed by atoms with Gasteiger partial charge < -0.3 is 26.6 Å². The topological polar surface area (TPSA) is 168 Å². The Morgan fingerprint density at radius 3 is 2.10 bits per heavy atom. The number of hydrogen-bond acceptors (Lipinski definition) is 6. The zero-order chi connectivity index (χ0) is 31.1. The van der Waals surface area contributed by atoms with Gasteiger partial charge in [0, 0.05) is 12.5 Å². The number of amides is 5. The third kappa shape index (κ3) is 8.53. The maximum atomic E-state index is 14.2. The van der Waals surface area contributed by atoms with Crippen molar-refractivity contribution >= 4 is 35.3 Å². The van der Waals surface area contributed by atoms with Gasteiger partial charge in [0.15, 0.2) is 5.78 Å². The summed E-state index contributed by atoms with van der Waals surface area (Å²) in [5.74, 6) is -3.18. The van der Waals surface area contributed by atoms with Crippen molar-refractivity contribution in [1.29, 1.82) is 0 Å². The Hall–Kier alpha value is -2.98. The average molecular weight is 590 g/mol. The number of primary amides is 1. The molecule has 0 radical (unpaired) electrons. The van der Waals surface area contributed by atoms with Crippen LogP contribution in [0.4, 0.5) is 4.79 Å². The number of fused-ring (bicyclic) bond motifs is 1. The van der Waals surface area contributed by atoms with E-state index in [4.69, 9.17) is 5.73 Å². The van der Waals surface area contributed by atoms with Gasteiger partial charge in [-0.1, -0.05) is 66.7 Å². The number of hydrogen-bond donors (Lipinski definition) is 4. The highest BCUT2D eigenvalue weighted by atomic mass is 16.2. The number of ketones is 2. The summed E-state index contributed by atoms with van der Waals surface area (Å²) in [6.45, 7) is 10.0. The zero-order valence-electron chi connectivity index (χ0n) is 25.9. The summed E-state index contributed by atoms with van der Waals surface area (Å²) in [4.78, 5) is 80.0. The van der Waals surface area contributed by atoms with Crippen molar-refractivity contribution in [1.82, 2.24) is 20.9 Å². The van der Waals surface area contributed by atoms with Crippen molar-refractivity contribution in [2.75, 3.05) is 6.54 Å². The predicted molar refractivity (Wildman–Crippen MR) is 158 cm³/mol. The van der Waals surface area contributed by atoms with Crippen LogP contribution in [0, 0.1) is 29.6 Å². The van der Waals surface area contributed by atoms with Crippen molar-refractivity contribution in [3.8, 4) is 0 Å². The lowest BCUT2D eigenvalue weighted by Crippen LogP contribution is -2.60. The molecule has 1 saturated carbocycles. The van der Waals surface area contributed by atoms with Gasteiger partial charge in [0.05, 0.1) is 12.1 Å². The highest BCUT2D eigenvalue weighted by Gasteiger charge is 2.47. The van der Waals surface area contributed by atoms with Gasteiger partial charge in [0.1, 0.15) is 12.1 Å². The van der Waals surface area contributed by atoms with Crippen molar-refractivity contribution in [2.24, 2.45) is 35.3 Å². The Kier molecular flexibility index (Phi) is 11.9. The molecule has 42 heavy (non-hydrogen) atoms. The Balaban J connectivity index is 1.89. The number of nitrogens with zero attached hydrogens (tertiary/aromatic N) is 1. The minimum absolute atomic E-state index is 0.0150. The summed E-state index contributed by atoms with van der Waals surface area (Å²) in [6.07, 6.45) is 7.41. The lowest BCUT2D eigenvalue weighted by molar-refractivity contribution is -0.143. The first-order chi connectivity index (χ1) is 19.8. The third-order valence-electron chi connectivity index (χ3n) is 9.24. The number of rotatable bonds is 8. The third-order valence-corrected chi connectivity index (χ3v) is 9.24. The van der Waals surface area contributed by atoms with Crippen molar-refractivity contribution in [3.63, 3.8) is 0 Å². The molecule has 2 aliphatic heterocycles. The average Bonchev–Trinajstić information content (AvgIpc) is 3.68. The molecule has 5 N–H and O–H groups in total. The summed E-state index contributed by atoms with van der Waals surface area (Å²) in [5.41, 5.74) is 5.30. The monoisotopic (exact) mass is 589 g/mol. The highest BCUT2D eigenvalue weighted by molar-refractivity contribution is 6.37. The SMILES string of the molecule is CC(C)[C@H](NC(=O)N[C@@H]1C(=O)N2CC[C@H](C(C)C)[C@H]2C(=O)N[C@H](C(=O)C(N)=O)CCCCCCCC1C)C(=O)C1CC1. The number of carbonyl (C=O) groups excluding carboxylic acids is 6. The van der Waals surface area contributed by atoms with E-state index < -0.39 is 47.8 Å². The van der Waals surface area contributed by atoms with E-state index in [-0.39, 0.29) is 41.3 Å². The molecule has 2 saturated heterocycles. The summed E-state index contributed by atoms with van der Waals surface area (Å²) in [6, 6.07) is -4.01. The summed E-state index contributed by atoms with van der Waals surface area (Å²) < 4.78 is 0. The Morgan fingerprint density at radius 1 is 0.905 bits per heavy atom. The molecule has 0 bridgehead atoms. The number of urea groups is 1. The number of carbonyl (C=O) groups is 6. The van der Waals surface area contributed by atoms with E-state index in [0.29, 0.717) is 32.2 Å². The number of nitrogens with two attached hydrogens (primary N) is 1. The van der Waals surface area contributed by atoms with Crippen molar-refractivity contribution < 1.29 is 28.8 Å². The molecule has 3 rings (SSSR count). The lowest BCUT2D eigenvalue weighted by atomic mass is 9.87. The molecular weight excluding hydrogens is 538 g/mol. The Morgan fingerprint density at radius 2 is 1.52 bits per heavy atom. The van der Waals surface area contributed by atoms with Crippen LogP contribution in [-0.2, 0) is 24.0 Å². The van der Waals surface area contributed by atoms with Crippen LogP contribution in [0.3, 0.4) is 0 Å². The van der Waals surface area contributed by atoms with Gasteiger partial charge in [-0.2, -0.15) is 0 Å². The van der Waals surface area contributed by atoms with Gasteiger partial charge in [-0.05, 0) is 55.8 Å². The fourth-order valence-electron chi connectivity index (χ4n) is 6.45. The predicted octanol–water partition coefficient (Wildman–Crippen LogP) is 2.45. The van der Waals surface area contributed by atoms with Gasteiger partial charge >= 0.3 is 6.03 Å². The van der Waals surface area contributed by atoms with Crippen LogP contribution in [0.2, 0.25) is 0 Å². The van der Waals surface area contributed by atoms with Gasteiger partial charge in [-0.3, -0.25) is 24.0 Å². The standard InChI is InChI=1S/C31H51N5O6/c1-17(2)21-15-16-36-25(21)29(40)33-22(27(38)28(32)39)12-10-8-6-7-9-11-19(5)24(30(36)41)35-31(42)34-23(18(3)4)26(37)20-13-14-20/h17-25H,6-16H2,1-5H3,(H2,32,39)(H,33,40)(H2,34,35,42)/t19?,21-,22+,23+,24+,25+/m1/s1. The molecule has 3 fully saturated rings. The van der Waals surface area contributed by atoms with Gasteiger partial charge in [0.2, 0.25) is 17.6 Å². The molecule has 0 spiro atoms. The number of Topliss-reactive ketones (excluding diaryl/α,β-unsaturated/α-hetero) is 2. The van der Waals surface area contributed by atoms with E-state index in [9.17, 15) is 28.8 Å². The fraction of sp³-hybridized carbons (Fsp3) is 0.806. The van der Waals surface area contributed by atoms with Crippen LogP contribution in [0.25, 0.3) is 0 Å². The van der Waals surface area contributed by atoms with Crippen LogP contribution < -0.4 is 21.7 Å². The second-order valence-corrected chi connectivity index (χ2v) is 13.3. The molecule has 0 aromatic carbocycles. The normalized spacial score (nSPS) is 28.7. The van der Waals surface area contributed by atoms with Crippen molar-refractivity contribution in [2.45, 2.75) is 123 Å². The van der Waals surface area contributed by atoms with Crippen LogP contribution in [-0.4, -0.2) is 70.9 Å². The van der Waals surface area contributed by atoms with Gasteiger partial charge in [0.25, 0.3) is 5.91 Å². The van der Waals surface area contributed by atoms with E-state index in [1.165, 1.54) is 4.90 Å². The molecule has 11 nitrogen and oxygen atoms in total. The molecule has 0 aromatic heterocycles. The Labute approximate surface area is 249 Å². The summed E-state index contributed by atoms with van der Waals surface area (Å²) >= 11 is 0. The molecule has 6 atom stereocenters. The Bertz CT molecular complexity index is 1030. The van der Waals surface area contributed by atoms with Crippen molar-refractivity contribution in [3.05, 3.63) is 0 Å². The minimum Gasteiger partial charge on any atom is -0.363 e. The fourth-order valence-corrected chi connectivity index (χ4v) is 6.45. The quantitative estimate of drug-likeness (QED) is 0.317. The van der Waals surface area contributed by atoms with E-state index in [1.54, 1.807) is 0 Å². The largest absolute Gasteiger partial charge is 0.363 e. The molecule has 5 amide bonds. The second-order valence-electron chi connectivity index (χ2n) is 13.3. The minimum atomic E-state index is -1.10. The first-order valence-electron chi connectivity index (χ1n) is 15.9. The number of nitrogens with one attached hydrogen (secondary N) is 3. The second kappa shape index (κ2) is 15.0. The van der Waals surface area contributed by atoms with Crippen LogP contribution in [0.1, 0.15) is 98.8 Å². The summed E-state index contributed by atoms with van der Waals surface area (Å²) in [7, 11) is 0. The summed E-state index contributed by atoms with van der Waals surface area (Å²) in [5, 5.41) is 8.47. The van der Waals surface area contributed by atoms with Gasteiger partial charge in [-0.25, -0.2) is 4.79 Å². The first kappa shape index (κ1) is 33.5. The lowest BCUT2D eigenvalue weighted by Gasteiger charge is -2.34. The molecule has 2 heterocycles. The maximum absolute atomic E-state index is 14.2. The van der Waals surface area contributed by atoms with Crippen LogP contribution >= 0.6 is 0 Å². The zero-order valence-corrected chi connectivity index (χ0v) is 25.9. The van der Waals surface area contributed by atoms with Crippen LogP contribution in [0.5, 0.6) is 0 Å². The molecule has 236 valence electrons. The molecule has 0 aromatic rings. The van der Waals surface area contributed by atoms with E-state index >= 15 is 0 Å². The molecule has 1 unspecified atom stereocenters. The van der Waals surface area contributed by atoms with E-state index in [2.05, 4.69) is 16.0 Å². The maximum Gasteiger partial charge on any atom is 0.316 e. The molecule has 11 heteroatoms. The van der Waals surface area contributed by atoms with Crippen LogP contribution in [0.15, 0.2) is 0 Å². The molecule has 3 aliphatic rings. The van der Waals surface area contributed by atoms with E-state index in [1.807, 2.05) is 34.6 Å². The highest BCUT2D eigenvalue weighted by Crippen LogP contribution is 2.33. The molecule has 1 aliphatic carbocycles. The first-order valence-corrected chi connectivity index (χ1v) is 15.9. The molecular formula is C31H51N5O6. The van der Waals surface area contributed by atoms with E-state index in [0.717, 1.165) is 38.5 Å². The van der Waals surface area contributed by atoms with Gasteiger partial charge in [-0.15, -0.1) is 0 Å². The smallest absolute Gasteiger partial charge is 0.316 e.